The van der Waals surface area contributed by atoms with Gasteiger partial charge in [0.05, 0.1) is 12.0 Å². The molecule has 1 atom stereocenters. The van der Waals surface area contributed by atoms with Crippen molar-refractivity contribution in [3.05, 3.63) is 83.6 Å². The number of benzene rings is 2. The number of furan rings is 1. The molecule has 0 bridgehead atoms. The van der Waals surface area contributed by atoms with E-state index in [1.54, 1.807) is 12.1 Å². The number of carbonyl (C=O) groups is 2. The zero-order chi connectivity index (χ0) is 23.3. The van der Waals surface area contributed by atoms with Crippen LogP contribution < -0.4 is 20.1 Å². The minimum absolute atomic E-state index is 0.140. The van der Waals surface area contributed by atoms with Crippen LogP contribution in [-0.4, -0.2) is 36.1 Å². The van der Waals surface area contributed by atoms with E-state index >= 15 is 0 Å². The van der Waals surface area contributed by atoms with Crippen LogP contribution in [0, 0.1) is 0 Å². The average molecular weight is 476 g/mol. The Morgan fingerprint density at radius 3 is 2.62 bits per heavy atom. The van der Waals surface area contributed by atoms with Crippen LogP contribution in [0.4, 0.5) is 5.13 Å². The number of nitrogens with one attached hydrogen (secondary N) is 2. The SMILES string of the molecule is O=C(NC(Cc1ccccc1)C(=O)Nc1nc(-c2ccc3c(c2)OCCO3)cs1)c1ccco1. The van der Waals surface area contributed by atoms with Crippen LogP contribution in [0.2, 0.25) is 0 Å². The maximum Gasteiger partial charge on any atom is 0.287 e. The summed E-state index contributed by atoms with van der Waals surface area (Å²) in [5.41, 5.74) is 2.47. The third-order valence-corrected chi connectivity index (χ3v) is 5.98. The highest BCUT2D eigenvalue weighted by Gasteiger charge is 2.24. The number of thiazole rings is 1. The molecule has 0 saturated carbocycles. The molecule has 0 fully saturated rings. The highest BCUT2D eigenvalue weighted by molar-refractivity contribution is 7.14. The quantitative estimate of drug-likeness (QED) is 0.416. The minimum Gasteiger partial charge on any atom is -0.486 e. The standard InChI is InChI=1S/C25H21N3O5S/c29-23(18(13-16-5-2-1-3-6-16)26-24(30)21-7-4-10-31-21)28-25-27-19(15-34-25)17-8-9-20-22(14-17)33-12-11-32-20/h1-10,14-15,18H,11-13H2,(H,26,30)(H,27,28,29). The van der Waals surface area contributed by atoms with Crippen LogP contribution in [0.3, 0.4) is 0 Å². The Hall–Kier alpha value is -4.11. The molecular formula is C25H21N3O5S. The first-order valence-electron chi connectivity index (χ1n) is 10.7. The van der Waals surface area contributed by atoms with Crippen LogP contribution >= 0.6 is 11.3 Å². The number of nitrogens with zero attached hydrogens (tertiary/aromatic N) is 1. The molecule has 8 nitrogen and oxygen atoms in total. The Labute approximate surface area is 199 Å². The lowest BCUT2D eigenvalue weighted by Gasteiger charge is -2.18. The number of hydrogen-bond acceptors (Lipinski definition) is 7. The maximum absolute atomic E-state index is 13.1. The van der Waals surface area contributed by atoms with E-state index < -0.39 is 11.9 Å². The number of fused-ring (bicyclic) bond motifs is 1. The third kappa shape index (κ3) is 4.94. The van der Waals surface area contributed by atoms with E-state index in [2.05, 4.69) is 15.6 Å². The van der Waals surface area contributed by atoms with Crippen LogP contribution in [0.5, 0.6) is 11.5 Å². The number of anilines is 1. The summed E-state index contributed by atoms with van der Waals surface area (Å²) in [5, 5.41) is 7.88. The first-order valence-corrected chi connectivity index (χ1v) is 11.6. The van der Waals surface area contributed by atoms with Crippen molar-refractivity contribution in [1.29, 1.82) is 0 Å². The number of carbonyl (C=O) groups excluding carboxylic acids is 2. The van der Waals surface area contributed by atoms with Crippen LogP contribution in [0.25, 0.3) is 11.3 Å². The summed E-state index contributed by atoms with van der Waals surface area (Å²) in [6, 6.07) is 17.5. The predicted molar refractivity (Wildman–Crippen MR) is 127 cm³/mol. The zero-order valence-electron chi connectivity index (χ0n) is 18.0. The van der Waals surface area contributed by atoms with Gasteiger partial charge in [-0.3, -0.25) is 9.59 Å². The van der Waals surface area contributed by atoms with Gasteiger partial charge in [0.25, 0.3) is 5.91 Å². The first-order chi connectivity index (χ1) is 16.7. The zero-order valence-corrected chi connectivity index (χ0v) is 18.8. The Kier molecular flexibility index (Phi) is 6.26. The van der Waals surface area contributed by atoms with E-state index in [0.29, 0.717) is 42.0 Å². The van der Waals surface area contributed by atoms with Gasteiger partial charge in [0.2, 0.25) is 5.91 Å². The van der Waals surface area contributed by atoms with Crippen LogP contribution in [-0.2, 0) is 11.2 Å². The molecule has 0 spiro atoms. The van der Waals surface area contributed by atoms with Gasteiger partial charge in [0.15, 0.2) is 22.4 Å². The molecule has 5 rings (SSSR count). The fourth-order valence-corrected chi connectivity index (χ4v) is 4.28. The topological polar surface area (TPSA) is 103 Å². The van der Waals surface area contributed by atoms with Crippen molar-refractivity contribution >= 4 is 28.3 Å². The van der Waals surface area contributed by atoms with Gasteiger partial charge in [0, 0.05) is 17.4 Å². The van der Waals surface area contributed by atoms with E-state index in [4.69, 9.17) is 13.9 Å². The van der Waals surface area contributed by atoms with Crippen molar-refractivity contribution in [2.45, 2.75) is 12.5 Å². The molecule has 1 unspecified atom stereocenters. The molecule has 9 heteroatoms. The molecule has 2 N–H and O–H groups in total. The van der Waals surface area contributed by atoms with E-state index in [1.165, 1.54) is 17.6 Å². The van der Waals surface area contributed by atoms with Crippen molar-refractivity contribution in [3.8, 4) is 22.8 Å². The molecular weight excluding hydrogens is 454 g/mol. The second kappa shape index (κ2) is 9.80. The number of hydrogen-bond donors (Lipinski definition) is 2. The molecule has 2 aromatic carbocycles. The molecule has 0 radical (unpaired) electrons. The maximum atomic E-state index is 13.1. The molecule has 0 aliphatic carbocycles. The molecule has 4 aromatic rings. The van der Waals surface area contributed by atoms with Gasteiger partial charge < -0.3 is 24.5 Å². The molecule has 172 valence electrons. The monoisotopic (exact) mass is 475 g/mol. The number of aromatic nitrogens is 1. The molecule has 1 aliphatic heterocycles. The normalized spacial score (nSPS) is 13.2. The molecule has 2 amide bonds. The summed E-state index contributed by atoms with van der Waals surface area (Å²) in [5.74, 6) is 0.686. The molecule has 2 aromatic heterocycles. The summed E-state index contributed by atoms with van der Waals surface area (Å²) < 4.78 is 16.4. The van der Waals surface area contributed by atoms with E-state index in [-0.39, 0.29) is 11.7 Å². The van der Waals surface area contributed by atoms with Crippen molar-refractivity contribution in [2.75, 3.05) is 18.5 Å². The Morgan fingerprint density at radius 1 is 1.00 bits per heavy atom. The van der Waals surface area contributed by atoms with E-state index in [1.807, 2.05) is 53.9 Å². The summed E-state index contributed by atoms with van der Waals surface area (Å²) >= 11 is 1.30. The van der Waals surface area contributed by atoms with Gasteiger partial charge in [-0.05, 0) is 35.9 Å². The summed E-state index contributed by atoms with van der Waals surface area (Å²) in [6.07, 6.45) is 1.73. The van der Waals surface area contributed by atoms with Crippen LogP contribution in [0.15, 0.2) is 76.7 Å². The lowest BCUT2D eigenvalue weighted by molar-refractivity contribution is -0.118. The molecule has 34 heavy (non-hydrogen) atoms. The number of ether oxygens (including phenoxy) is 2. The first kappa shape index (κ1) is 21.7. The van der Waals surface area contributed by atoms with Gasteiger partial charge in [-0.1, -0.05) is 30.3 Å². The molecule has 0 saturated heterocycles. The largest absolute Gasteiger partial charge is 0.486 e. The van der Waals surface area contributed by atoms with Crippen molar-refractivity contribution in [1.82, 2.24) is 10.3 Å². The smallest absolute Gasteiger partial charge is 0.287 e. The van der Waals surface area contributed by atoms with Gasteiger partial charge >= 0.3 is 0 Å². The second-order valence-electron chi connectivity index (χ2n) is 7.58. The van der Waals surface area contributed by atoms with Gasteiger partial charge in [-0.2, -0.15) is 0 Å². The predicted octanol–water partition coefficient (Wildman–Crippen LogP) is 4.15. The summed E-state index contributed by atoms with van der Waals surface area (Å²) in [4.78, 5) is 30.2. The van der Waals surface area contributed by atoms with Crippen molar-refractivity contribution < 1.29 is 23.5 Å². The average Bonchev–Trinajstić information content (AvgIpc) is 3.57. The van der Waals surface area contributed by atoms with Crippen molar-refractivity contribution in [2.24, 2.45) is 0 Å². The Bertz CT molecular complexity index is 1290. The Morgan fingerprint density at radius 2 is 1.82 bits per heavy atom. The summed E-state index contributed by atoms with van der Waals surface area (Å²) in [6.45, 7) is 1.03. The van der Waals surface area contributed by atoms with E-state index in [9.17, 15) is 9.59 Å². The number of amides is 2. The minimum atomic E-state index is -0.818. The van der Waals surface area contributed by atoms with E-state index in [0.717, 1.165) is 11.1 Å². The van der Waals surface area contributed by atoms with Crippen molar-refractivity contribution in [3.63, 3.8) is 0 Å². The Balaban J connectivity index is 1.32. The molecule has 3 heterocycles. The van der Waals surface area contributed by atoms with Crippen LogP contribution in [0.1, 0.15) is 16.1 Å². The number of rotatable bonds is 7. The second-order valence-corrected chi connectivity index (χ2v) is 8.44. The fraction of sp³-hybridized carbons (Fsp3) is 0.160. The third-order valence-electron chi connectivity index (χ3n) is 5.22. The highest BCUT2D eigenvalue weighted by atomic mass is 32.1. The van der Waals surface area contributed by atoms with Gasteiger partial charge in [0.1, 0.15) is 19.3 Å². The summed E-state index contributed by atoms with van der Waals surface area (Å²) in [7, 11) is 0. The van der Waals surface area contributed by atoms with Gasteiger partial charge in [-0.25, -0.2) is 4.98 Å². The lowest BCUT2D eigenvalue weighted by Crippen LogP contribution is -2.45. The molecule has 1 aliphatic rings. The fourth-order valence-electron chi connectivity index (χ4n) is 3.56. The van der Waals surface area contributed by atoms with Gasteiger partial charge in [-0.15, -0.1) is 11.3 Å². The lowest BCUT2D eigenvalue weighted by atomic mass is 10.1. The highest BCUT2D eigenvalue weighted by Crippen LogP contribution is 2.35.